The van der Waals surface area contributed by atoms with Crippen LogP contribution in [-0.4, -0.2) is 17.8 Å². The van der Waals surface area contributed by atoms with Crippen LogP contribution in [0, 0.1) is 6.92 Å². The predicted molar refractivity (Wildman–Crippen MR) is 43.6 cm³/mol. The van der Waals surface area contributed by atoms with Gasteiger partial charge < -0.3 is 12.2 Å². The van der Waals surface area contributed by atoms with Crippen molar-refractivity contribution in [2.24, 2.45) is 0 Å². The molecule has 2 N–H and O–H groups in total. The quantitative estimate of drug-likeness (QED) is 0.334. The van der Waals surface area contributed by atoms with Crippen molar-refractivity contribution in [3.8, 4) is 0 Å². The van der Waals surface area contributed by atoms with E-state index in [2.05, 4.69) is 35.7 Å². The maximum Gasteiger partial charge on any atom is 0.334 e. The summed E-state index contributed by atoms with van der Waals surface area (Å²) >= 11 is 0. The molecule has 0 bridgehead atoms. The van der Waals surface area contributed by atoms with Crippen molar-refractivity contribution in [1.82, 2.24) is 5.32 Å². The molecule has 6 heteroatoms. The Bertz CT molecular complexity index is 113. The minimum Gasteiger partial charge on any atom is -0.391 e. The molecule has 0 aromatic heterocycles. The second-order valence-electron chi connectivity index (χ2n) is 1.83. The van der Waals surface area contributed by atoms with E-state index in [9.17, 15) is 0 Å². The maximum atomic E-state index is 8.90. The Morgan fingerprint density at radius 3 is 2.38 bits per heavy atom. The fourth-order valence-corrected chi connectivity index (χ4v) is 0.302. The molecule has 0 saturated heterocycles. The van der Waals surface area contributed by atoms with Crippen molar-refractivity contribution >= 4 is 6.47 Å². The molecule has 75 valence electrons. The summed E-state index contributed by atoms with van der Waals surface area (Å²) in [5, 5.41) is 12.9. The molecular weight excluding hydrogens is 251 g/mol. The number of carbonyl (C=O) groups is 1. The Morgan fingerprint density at radius 1 is 1.77 bits per heavy atom. The molecule has 0 aliphatic rings. The van der Waals surface area contributed by atoms with E-state index in [-0.39, 0.29) is 39.2 Å². The molecule has 1 radical (unpaired) electrons. The van der Waals surface area contributed by atoms with Gasteiger partial charge in [-0.1, -0.05) is 6.58 Å². The number of carbonyl (C=O) groups excluding carboxylic acids is 1. The fourth-order valence-electron chi connectivity index (χ4n) is 0.302. The van der Waals surface area contributed by atoms with Crippen LogP contribution in [0.25, 0.3) is 0 Å². The van der Waals surface area contributed by atoms with E-state index >= 15 is 0 Å². The van der Waals surface area contributed by atoms with Gasteiger partial charge in [-0.05, 0) is 24.2 Å². The summed E-state index contributed by atoms with van der Waals surface area (Å²) in [6.07, 6.45) is 2.60. The Kier molecular flexibility index (Phi) is 25.9. The molecule has 0 aliphatic carbocycles. The average molecular weight is 265 g/mol. The molecule has 1 unspecified atom stereocenters. The third kappa shape index (κ3) is 24.5. The maximum absolute atomic E-state index is 8.90. The van der Waals surface area contributed by atoms with Crippen molar-refractivity contribution in [2.75, 3.05) is 0 Å². The van der Waals surface area contributed by atoms with Gasteiger partial charge in [-0.3, -0.25) is 9.68 Å². The summed E-state index contributed by atoms with van der Waals surface area (Å²) in [7, 11) is 0. The topological polar surface area (TPSA) is 67.8 Å². The molecule has 0 spiro atoms. The van der Waals surface area contributed by atoms with Crippen LogP contribution in [0.3, 0.4) is 0 Å². The molecule has 0 saturated carbocycles. The zero-order valence-corrected chi connectivity index (χ0v) is 10.4. The number of hydrogen-bond donors (Lipinski definition) is 2. The molecule has 5 nitrogen and oxygen atoms in total. The average Bonchev–Trinajstić information content (AvgIpc) is 2.07. The van der Waals surface area contributed by atoms with Gasteiger partial charge in [0.1, 0.15) is 0 Å². The fraction of sp³-hybridized carbons (Fsp3) is 0.429. The molecule has 1 atom stereocenters. The molecule has 0 aromatic carbocycles. The molecule has 13 heavy (non-hydrogen) atoms. The van der Waals surface area contributed by atoms with Gasteiger partial charge in [-0.2, -0.15) is 6.42 Å². The molecule has 0 amide bonds. The number of nitrogens with one attached hydrogen (secondary N) is 1. The smallest absolute Gasteiger partial charge is 0.334 e. The van der Waals surface area contributed by atoms with E-state index < -0.39 is 0 Å². The van der Waals surface area contributed by atoms with Crippen LogP contribution in [0.4, 0.5) is 0 Å². The third-order valence-corrected chi connectivity index (χ3v) is 0.918. The van der Waals surface area contributed by atoms with Gasteiger partial charge in [-0.25, -0.2) is 5.26 Å². The second kappa shape index (κ2) is 18.0. The Hall–Kier alpha value is 0.0339. The number of rotatable bonds is 5. The van der Waals surface area contributed by atoms with E-state index in [1.807, 2.05) is 0 Å². The Morgan fingerprint density at radius 2 is 2.31 bits per heavy atom. The van der Waals surface area contributed by atoms with Gasteiger partial charge in [0.2, 0.25) is 0 Å². The molecule has 0 aromatic rings. The van der Waals surface area contributed by atoms with Gasteiger partial charge in [0.15, 0.2) is 0 Å². The Balaban J connectivity index is -0.000000150. The third-order valence-electron chi connectivity index (χ3n) is 0.918. The summed E-state index contributed by atoms with van der Waals surface area (Å²) < 4.78 is 0. The van der Waals surface area contributed by atoms with Crippen molar-refractivity contribution in [2.45, 2.75) is 19.4 Å². The second-order valence-corrected chi connectivity index (χ2v) is 1.83. The zero-order chi connectivity index (χ0) is 9.82. The minimum absolute atomic E-state index is 0. The van der Waals surface area contributed by atoms with Crippen LogP contribution in [0.15, 0.2) is 12.8 Å². The van der Waals surface area contributed by atoms with Crippen LogP contribution in [0.1, 0.15) is 13.3 Å². The van der Waals surface area contributed by atoms with Crippen molar-refractivity contribution in [3.05, 3.63) is 19.7 Å². The van der Waals surface area contributed by atoms with Gasteiger partial charge in [-0.15, -0.1) is 0 Å². The van der Waals surface area contributed by atoms with E-state index in [0.717, 1.165) is 6.42 Å². The zero-order valence-electron chi connectivity index (χ0n) is 7.60. The van der Waals surface area contributed by atoms with Crippen LogP contribution < -0.4 is 5.32 Å². The van der Waals surface area contributed by atoms with E-state index in [1.54, 1.807) is 6.20 Å². The first-order chi connectivity index (χ1) is 5.72. The SMILES string of the molecule is C=CNC(C)C[CH2-].O=COOO.[Y]. The van der Waals surface area contributed by atoms with Gasteiger partial charge in [0.25, 0.3) is 0 Å². The molecule has 0 rings (SSSR count). The van der Waals surface area contributed by atoms with E-state index in [1.165, 1.54) is 0 Å². The van der Waals surface area contributed by atoms with Crippen LogP contribution in [0.2, 0.25) is 0 Å². The van der Waals surface area contributed by atoms with Crippen LogP contribution in [-0.2, 0) is 47.4 Å². The molecule has 0 aliphatic heterocycles. The summed E-state index contributed by atoms with van der Waals surface area (Å²) in [5.41, 5.74) is 0. The summed E-state index contributed by atoms with van der Waals surface area (Å²) in [5.74, 6) is 0. The van der Waals surface area contributed by atoms with Crippen LogP contribution >= 0.6 is 0 Å². The summed E-state index contributed by atoms with van der Waals surface area (Å²) in [4.78, 5) is 12.1. The first-order valence-corrected chi connectivity index (χ1v) is 3.29. The summed E-state index contributed by atoms with van der Waals surface area (Å²) in [6, 6.07) is 0.470. The summed E-state index contributed by atoms with van der Waals surface area (Å²) in [6.45, 7) is 9.23. The van der Waals surface area contributed by atoms with Gasteiger partial charge in [0.05, 0.1) is 0 Å². The minimum atomic E-state index is -0.0417. The number of hydrogen-bond acceptors (Lipinski definition) is 5. The monoisotopic (exact) mass is 265 g/mol. The Labute approximate surface area is 103 Å². The molecule has 0 heterocycles. The largest absolute Gasteiger partial charge is 0.391 e. The van der Waals surface area contributed by atoms with Crippen LogP contribution in [0.5, 0.6) is 0 Å². The first-order valence-electron chi connectivity index (χ1n) is 3.29. The normalized spacial score (nSPS) is 9.46. The standard InChI is InChI=1S/C6H12N.CH2O4.Y/c1-4-6(3)7-5-2;2-1-4-5-3;/h5-7H,1-2,4H2,3H3;1,3H;/q-1;;. The van der Waals surface area contributed by atoms with Gasteiger partial charge in [0, 0.05) is 32.7 Å². The predicted octanol–water partition coefficient (Wildman–Crippen LogP) is 0.894. The van der Waals surface area contributed by atoms with Crippen molar-refractivity contribution in [3.63, 3.8) is 0 Å². The van der Waals surface area contributed by atoms with Crippen molar-refractivity contribution in [1.29, 1.82) is 0 Å². The van der Waals surface area contributed by atoms with Crippen molar-refractivity contribution < 1.29 is 52.7 Å². The first kappa shape index (κ1) is 18.7. The van der Waals surface area contributed by atoms with E-state index in [4.69, 9.17) is 10.1 Å². The van der Waals surface area contributed by atoms with Gasteiger partial charge >= 0.3 is 6.47 Å². The van der Waals surface area contributed by atoms with E-state index in [0.29, 0.717) is 6.04 Å². The molecular formula is C7H14NO4Y-. The molecule has 0 fully saturated rings.